The number of benzene rings is 2. The molecule has 0 bridgehead atoms. The lowest BCUT2D eigenvalue weighted by molar-refractivity contribution is 0.390. The predicted molar refractivity (Wildman–Crippen MR) is 83.3 cm³/mol. The summed E-state index contributed by atoms with van der Waals surface area (Å²) in [5.74, 6) is 0.754. The van der Waals surface area contributed by atoms with Gasteiger partial charge in [0.15, 0.2) is 0 Å². The highest BCUT2D eigenvalue weighted by atomic mass is 16.5. The van der Waals surface area contributed by atoms with E-state index in [1.54, 1.807) is 42.5 Å². The van der Waals surface area contributed by atoms with Crippen LogP contribution < -0.4 is 20.7 Å². The molecule has 1 aromatic heterocycles. The van der Waals surface area contributed by atoms with Gasteiger partial charge in [-0.05, 0) is 24.3 Å². The number of hydrogen-bond donors (Lipinski definition) is 1. The summed E-state index contributed by atoms with van der Waals surface area (Å²) in [6, 6.07) is 11.9. The Kier molecular flexibility index (Phi) is 3.42. The molecule has 6 heteroatoms. The van der Waals surface area contributed by atoms with Crippen molar-refractivity contribution in [3.05, 3.63) is 63.3 Å². The number of fused-ring (bicyclic) bond motifs is 1. The van der Waals surface area contributed by atoms with Gasteiger partial charge in [-0.3, -0.25) is 4.79 Å². The molecule has 0 spiro atoms. The van der Waals surface area contributed by atoms with Crippen LogP contribution in [0.15, 0.2) is 52.1 Å². The maximum Gasteiger partial charge on any atom is 0.333 e. The molecule has 0 aliphatic rings. The fourth-order valence-electron chi connectivity index (χ4n) is 2.42. The number of hydrogen-bond acceptors (Lipinski definition) is 4. The van der Waals surface area contributed by atoms with Gasteiger partial charge in [0.25, 0.3) is 5.56 Å². The van der Waals surface area contributed by atoms with E-state index in [-0.39, 0.29) is 5.69 Å². The number of H-pyrrole nitrogens is 1. The number of methoxy groups -OCH3 is 2. The first-order chi connectivity index (χ1) is 10.7. The predicted octanol–water partition coefficient (Wildman–Crippen LogP) is 1.70. The molecule has 112 valence electrons. The first-order valence-corrected chi connectivity index (χ1v) is 6.63. The first-order valence-electron chi connectivity index (χ1n) is 6.63. The highest BCUT2D eigenvalue weighted by Gasteiger charge is 2.17. The van der Waals surface area contributed by atoms with Crippen molar-refractivity contribution < 1.29 is 9.47 Å². The molecule has 22 heavy (non-hydrogen) atoms. The van der Waals surface area contributed by atoms with Gasteiger partial charge < -0.3 is 14.5 Å². The summed E-state index contributed by atoms with van der Waals surface area (Å²) in [4.78, 5) is 27.8. The second kappa shape index (κ2) is 5.40. The topological polar surface area (TPSA) is 73.3 Å². The quantitative estimate of drug-likeness (QED) is 0.798. The molecule has 0 unspecified atom stereocenters. The lowest BCUT2D eigenvalue weighted by atomic mass is 10.2. The van der Waals surface area contributed by atoms with E-state index in [2.05, 4.69) is 4.98 Å². The lowest BCUT2D eigenvalue weighted by Crippen LogP contribution is -2.34. The van der Waals surface area contributed by atoms with Gasteiger partial charge in [-0.1, -0.05) is 18.2 Å². The van der Waals surface area contributed by atoms with E-state index in [1.807, 2.05) is 0 Å². The van der Waals surface area contributed by atoms with Gasteiger partial charge in [0, 0.05) is 0 Å². The Labute approximate surface area is 125 Å². The third-order valence-electron chi connectivity index (χ3n) is 3.43. The van der Waals surface area contributed by atoms with Crippen LogP contribution in [-0.2, 0) is 0 Å². The van der Waals surface area contributed by atoms with E-state index in [0.29, 0.717) is 22.4 Å². The average Bonchev–Trinajstić information content (AvgIpc) is 2.55. The summed E-state index contributed by atoms with van der Waals surface area (Å²) in [7, 11) is 2.94. The largest absolute Gasteiger partial charge is 0.494 e. The molecule has 0 atom stereocenters. The van der Waals surface area contributed by atoms with Crippen LogP contribution in [0.1, 0.15) is 0 Å². The van der Waals surface area contributed by atoms with Crippen LogP contribution >= 0.6 is 0 Å². The molecular formula is C16H14N2O4. The number of nitrogens with one attached hydrogen (secondary N) is 1. The van der Waals surface area contributed by atoms with Crippen molar-refractivity contribution >= 4 is 10.9 Å². The molecular weight excluding hydrogens is 284 g/mol. The highest BCUT2D eigenvalue weighted by Crippen LogP contribution is 2.30. The summed E-state index contributed by atoms with van der Waals surface area (Å²) in [6.45, 7) is 0. The van der Waals surface area contributed by atoms with Gasteiger partial charge in [-0.2, -0.15) is 0 Å². The van der Waals surface area contributed by atoms with Crippen molar-refractivity contribution in [1.29, 1.82) is 0 Å². The van der Waals surface area contributed by atoms with Crippen molar-refractivity contribution in [3.8, 4) is 17.2 Å². The van der Waals surface area contributed by atoms with Crippen LogP contribution in [-0.4, -0.2) is 23.8 Å². The second-order valence-corrected chi connectivity index (χ2v) is 4.63. The van der Waals surface area contributed by atoms with Crippen LogP contribution in [0, 0.1) is 0 Å². The van der Waals surface area contributed by atoms with E-state index in [0.717, 1.165) is 4.57 Å². The molecule has 0 amide bonds. The monoisotopic (exact) mass is 298 g/mol. The maximum atomic E-state index is 12.7. The van der Waals surface area contributed by atoms with Crippen LogP contribution in [0.2, 0.25) is 0 Å². The number of aromatic nitrogens is 2. The van der Waals surface area contributed by atoms with Crippen LogP contribution in [0.3, 0.4) is 0 Å². The van der Waals surface area contributed by atoms with Crippen molar-refractivity contribution in [2.75, 3.05) is 14.2 Å². The fourth-order valence-corrected chi connectivity index (χ4v) is 2.42. The van der Waals surface area contributed by atoms with Crippen molar-refractivity contribution in [1.82, 2.24) is 9.55 Å². The highest BCUT2D eigenvalue weighted by molar-refractivity contribution is 5.77. The van der Waals surface area contributed by atoms with Crippen LogP contribution in [0.5, 0.6) is 11.5 Å². The molecule has 3 aromatic rings. The van der Waals surface area contributed by atoms with E-state index in [9.17, 15) is 9.59 Å². The molecule has 0 aliphatic heterocycles. The lowest BCUT2D eigenvalue weighted by Gasteiger charge is -2.14. The maximum absolute atomic E-state index is 12.7. The average molecular weight is 298 g/mol. The van der Waals surface area contributed by atoms with Crippen molar-refractivity contribution in [2.45, 2.75) is 0 Å². The van der Waals surface area contributed by atoms with Gasteiger partial charge in [0.2, 0.25) is 0 Å². The Hall–Kier alpha value is -3.02. The zero-order chi connectivity index (χ0) is 15.7. The van der Waals surface area contributed by atoms with Gasteiger partial charge in [0.1, 0.15) is 17.2 Å². The summed E-state index contributed by atoms with van der Waals surface area (Å²) >= 11 is 0. The number of aromatic amines is 1. The minimum absolute atomic E-state index is 0.282. The third kappa shape index (κ3) is 2.05. The van der Waals surface area contributed by atoms with E-state index in [1.165, 1.54) is 14.2 Å². The van der Waals surface area contributed by atoms with Gasteiger partial charge in [0.05, 0.1) is 25.1 Å². The summed E-state index contributed by atoms with van der Waals surface area (Å²) in [5, 5.41) is 0.412. The summed E-state index contributed by atoms with van der Waals surface area (Å²) in [6.07, 6.45) is 0. The van der Waals surface area contributed by atoms with Crippen LogP contribution in [0.4, 0.5) is 0 Å². The SMILES string of the molecule is COc1cccc(OC)c1-n1c(=O)[nH]c2ccccc2c1=O. The Morgan fingerprint density at radius 3 is 2.18 bits per heavy atom. The van der Waals surface area contributed by atoms with Gasteiger partial charge >= 0.3 is 5.69 Å². The number of rotatable bonds is 3. The zero-order valence-corrected chi connectivity index (χ0v) is 12.1. The Bertz CT molecular complexity index is 934. The Morgan fingerprint density at radius 2 is 1.55 bits per heavy atom. The molecule has 3 rings (SSSR count). The fraction of sp³-hybridized carbons (Fsp3) is 0.125. The smallest absolute Gasteiger partial charge is 0.333 e. The number of nitrogens with zero attached hydrogens (tertiary/aromatic N) is 1. The van der Waals surface area contributed by atoms with Crippen molar-refractivity contribution in [2.24, 2.45) is 0 Å². The normalized spacial score (nSPS) is 10.6. The van der Waals surface area contributed by atoms with E-state index in [4.69, 9.17) is 9.47 Å². The summed E-state index contributed by atoms with van der Waals surface area (Å²) in [5.41, 5.74) is -0.208. The van der Waals surface area contributed by atoms with E-state index < -0.39 is 11.2 Å². The molecule has 1 heterocycles. The van der Waals surface area contributed by atoms with Gasteiger partial charge in [-0.25, -0.2) is 9.36 Å². The number of ether oxygens (including phenoxy) is 2. The summed E-state index contributed by atoms with van der Waals surface area (Å²) < 4.78 is 11.6. The Morgan fingerprint density at radius 1 is 0.909 bits per heavy atom. The molecule has 2 aromatic carbocycles. The minimum atomic E-state index is -0.550. The molecule has 0 saturated carbocycles. The van der Waals surface area contributed by atoms with Crippen molar-refractivity contribution in [3.63, 3.8) is 0 Å². The molecule has 6 nitrogen and oxygen atoms in total. The molecule has 0 aliphatic carbocycles. The standard InChI is InChI=1S/C16H14N2O4/c1-21-12-8-5-9-13(22-2)14(12)18-15(19)10-6-3-4-7-11(10)17-16(18)20/h3-9H,1-2H3,(H,17,20). The van der Waals surface area contributed by atoms with E-state index >= 15 is 0 Å². The van der Waals surface area contributed by atoms with Gasteiger partial charge in [-0.15, -0.1) is 0 Å². The Balaban J connectivity index is 2.46. The van der Waals surface area contributed by atoms with Crippen LogP contribution in [0.25, 0.3) is 16.6 Å². The third-order valence-corrected chi connectivity index (χ3v) is 3.43. The zero-order valence-electron chi connectivity index (χ0n) is 12.1. The molecule has 1 N–H and O–H groups in total. The number of para-hydroxylation sites is 2. The minimum Gasteiger partial charge on any atom is -0.494 e. The second-order valence-electron chi connectivity index (χ2n) is 4.63. The molecule has 0 radical (unpaired) electrons. The first kappa shape index (κ1) is 13.9. The molecule has 0 saturated heterocycles. The molecule has 0 fully saturated rings.